The van der Waals surface area contributed by atoms with Crippen molar-refractivity contribution < 1.29 is 4.74 Å². The van der Waals surface area contributed by atoms with Crippen LogP contribution < -0.4 is 5.73 Å². The van der Waals surface area contributed by atoms with Gasteiger partial charge in [-0.25, -0.2) is 0 Å². The van der Waals surface area contributed by atoms with Gasteiger partial charge in [0.25, 0.3) is 0 Å². The molecule has 3 heteroatoms. The lowest BCUT2D eigenvalue weighted by Crippen LogP contribution is -2.21. The van der Waals surface area contributed by atoms with Gasteiger partial charge in [0.05, 0.1) is 6.73 Å². The number of nitrogens with zero attached hydrogens (tertiary/aromatic N) is 1. The topological polar surface area (TPSA) is 38.5 Å². The third-order valence-corrected chi connectivity index (χ3v) is 1.43. The van der Waals surface area contributed by atoms with Crippen molar-refractivity contribution in [2.24, 2.45) is 5.73 Å². The van der Waals surface area contributed by atoms with E-state index in [0.29, 0.717) is 6.73 Å². The van der Waals surface area contributed by atoms with Gasteiger partial charge >= 0.3 is 0 Å². The number of hydrogen-bond donors (Lipinski definition) is 1. The predicted molar refractivity (Wildman–Crippen MR) is 47.3 cm³/mol. The Labute approximate surface area is 68.8 Å². The van der Waals surface area contributed by atoms with E-state index in [1.54, 1.807) is 7.11 Å². The molecule has 2 N–H and O–H groups in total. The van der Waals surface area contributed by atoms with Crippen molar-refractivity contribution in [1.82, 2.24) is 4.90 Å². The minimum atomic E-state index is 0.319. The third kappa shape index (κ3) is 7.52. The molecular formula is C8H18N2O. The standard InChI is InChI=1S/C6H11N.C2H7NO/c1-7-5-3-2-4-6-7;1-4-2-3/h2-3H,4-6H2,1H3;2-3H2,1H3. The molecule has 1 heterocycles. The fourth-order valence-corrected chi connectivity index (χ4v) is 0.759. The van der Waals surface area contributed by atoms with Crippen LogP contribution in [-0.2, 0) is 4.74 Å². The van der Waals surface area contributed by atoms with Gasteiger partial charge < -0.3 is 15.4 Å². The summed E-state index contributed by atoms with van der Waals surface area (Å²) in [6.45, 7) is 2.69. The molecule has 0 atom stereocenters. The summed E-state index contributed by atoms with van der Waals surface area (Å²) in [6.07, 6.45) is 5.68. The van der Waals surface area contributed by atoms with E-state index in [4.69, 9.17) is 5.73 Å². The zero-order valence-corrected chi connectivity index (χ0v) is 7.42. The van der Waals surface area contributed by atoms with E-state index < -0.39 is 0 Å². The van der Waals surface area contributed by atoms with Crippen molar-refractivity contribution in [3.8, 4) is 0 Å². The maximum absolute atomic E-state index is 4.81. The molecule has 0 aliphatic carbocycles. The van der Waals surface area contributed by atoms with Gasteiger partial charge in [0.2, 0.25) is 0 Å². The maximum atomic E-state index is 4.81. The molecule has 0 fully saturated rings. The minimum absolute atomic E-state index is 0.319. The van der Waals surface area contributed by atoms with Gasteiger partial charge in [-0.15, -0.1) is 0 Å². The highest BCUT2D eigenvalue weighted by Crippen LogP contribution is 1.95. The summed E-state index contributed by atoms with van der Waals surface area (Å²) in [6, 6.07) is 0. The predicted octanol–water partition coefficient (Wildman–Crippen LogP) is 0.427. The highest BCUT2D eigenvalue weighted by Gasteiger charge is 1.95. The second kappa shape index (κ2) is 7.72. The average molecular weight is 158 g/mol. The Morgan fingerprint density at radius 1 is 1.55 bits per heavy atom. The number of nitrogens with two attached hydrogens (primary N) is 1. The summed E-state index contributed by atoms with van der Waals surface area (Å²) in [4.78, 5) is 2.31. The van der Waals surface area contributed by atoms with Crippen molar-refractivity contribution in [1.29, 1.82) is 0 Å². The molecule has 0 aromatic rings. The number of ether oxygens (including phenoxy) is 1. The van der Waals surface area contributed by atoms with E-state index in [2.05, 4.69) is 28.8 Å². The van der Waals surface area contributed by atoms with Crippen LogP contribution in [0.15, 0.2) is 12.2 Å². The van der Waals surface area contributed by atoms with Crippen LogP contribution in [0.4, 0.5) is 0 Å². The summed E-state index contributed by atoms with van der Waals surface area (Å²) in [5.41, 5.74) is 4.81. The van der Waals surface area contributed by atoms with Gasteiger partial charge in [-0.1, -0.05) is 12.2 Å². The van der Waals surface area contributed by atoms with Gasteiger partial charge in [-0.3, -0.25) is 0 Å². The zero-order chi connectivity index (χ0) is 8.53. The molecule has 0 amide bonds. The Morgan fingerprint density at radius 3 is 2.36 bits per heavy atom. The van der Waals surface area contributed by atoms with Crippen LogP contribution in [0.2, 0.25) is 0 Å². The normalized spacial score (nSPS) is 17.4. The lowest BCUT2D eigenvalue weighted by atomic mass is 10.3. The molecule has 0 aromatic heterocycles. The molecule has 0 spiro atoms. The summed E-state index contributed by atoms with van der Waals surface area (Å²) in [5.74, 6) is 0. The Hall–Kier alpha value is -0.380. The lowest BCUT2D eigenvalue weighted by Gasteiger charge is -2.15. The zero-order valence-electron chi connectivity index (χ0n) is 7.42. The van der Waals surface area contributed by atoms with E-state index in [-0.39, 0.29) is 0 Å². The first kappa shape index (κ1) is 10.6. The Balaban J connectivity index is 0.000000218. The van der Waals surface area contributed by atoms with Gasteiger partial charge in [-0.05, 0) is 13.5 Å². The molecule has 1 aliphatic heterocycles. The van der Waals surface area contributed by atoms with E-state index >= 15 is 0 Å². The number of likely N-dealkylation sites (N-methyl/N-ethyl adjacent to an activating group) is 1. The van der Waals surface area contributed by atoms with Crippen LogP contribution in [0.25, 0.3) is 0 Å². The number of hydrogen-bond acceptors (Lipinski definition) is 3. The molecule has 0 radical (unpaired) electrons. The van der Waals surface area contributed by atoms with Crippen molar-refractivity contribution in [3.05, 3.63) is 12.2 Å². The van der Waals surface area contributed by atoms with Crippen LogP contribution in [0.5, 0.6) is 0 Å². The molecule has 66 valence electrons. The summed E-state index contributed by atoms with van der Waals surface area (Å²) in [7, 11) is 3.70. The Bertz CT molecular complexity index is 102. The van der Waals surface area contributed by atoms with Crippen molar-refractivity contribution in [2.75, 3.05) is 34.0 Å². The van der Waals surface area contributed by atoms with E-state index in [1.165, 1.54) is 13.0 Å². The van der Waals surface area contributed by atoms with Gasteiger partial charge in [0, 0.05) is 20.2 Å². The fraction of sp³-hybridized carbons (Fsp3) is 0.750. The van der Waals surface area contributed by atoms with E-state index in [0.717, 1.165) is 6.54 Å². The van der Waals surface area contributed by atoms with E-state index in [1.807, 2.05) is 0 Å². The molecule has 1 aliphatic rings. The summed E-state index contributed by atoms with van der Waals surface area (Å²) >= 11 is 0. The molecule has 1 rings (SSSR count). The average Bonchev–Trinajstić information content (AvgIpc) is 2.07. The molecule has 0 saturated carbocycles. The third-order valence-electron chi connectivity index (χ3n) is 1.43. The molecule has 0 saturated heterocycles. The molecule has 11 heavy (non-hydrogen) atoms. The van der Waals surface area contributed by atoms with Crippen molar-refractivity contribution >= 4 is 0 Å². The molecular weight excluding hydrogens is 140 g/mol. The van der Waals surface area contributed by atoms with Crippen molar-refractivity contribution in [2.45, 2.75) is 6.42 Å². The highest BCUT2D eigenvalue weighted by atomic mass is 16.5. The minimum Gasteiger partial charge on any atom is -0.370 e. The molecule has 0 aromatic carbocycles. The van der Waals surface area contributed by atoms with Crippen LogP contribution in [-0.4, -0.2) is 38.9 Å². The SMILES string of the molecule is CN1CC=CCC1.COCN. The van der Waals surface area contributed by atoms with Crippen LogP contribution >= 0.6 is 0 Å². The fourth-order valence-electron chi connectivity index (χ4n) is 0.759. The molecule has 0 unspecified atom stereocenters. The highest BCUT2D eigenvalue weighted by molar-refractivity contribution is 4.89. The van der Waals surface area contributed by atoms with Crippen LogP contribution in [0.3, 0.4) is 0 Å². The smallest absolute Gasteiger partial charge is 0.0936 e. The van der Waals surface area contributed by atoms with Crippen molar-refractivity contribution in [3.63, 3.8) is 0 Å². The lowest BCUT2D eigenvalue weighted by molar-refractivity contribution is 0.207. The summed E-state index contributed by atoms with van der Waals surface area (Å²) in [5, 5.41) is 0. The monoisotopic (exact) mass is 158 g/mol. The van der Waals surface area contributed by atoms with Gasteiger partial charge in [-0.2, -0.15) is 0 Å². The molecule has 0 bridgehead atoms. The quantitative estimate of drug-likeness (QED) is 0.444. The van der Waals surface area contributed by atoms with E-state index in [9.17, 15) is 0 Å². The van der Waals surface area contributed by atoms with Crippen LogP contribution in [0.1, 0.15) is 6.42 Å². The Morgan fingerprint density at radius 2 is 2.18 bits per heavy atom. The first-order valence-electron chi connectivity index (χ1n) is 3.83. The second-order valence-corrected chi connectivity index (χ2v) is 2.48. The van der Waals surface area contributed by atoms with Gasteiger partial charge in [0.1, 0.15) is 0 Å². The first-order valence-corrected chi connectivity index (χ1v) is 3.83. The number of rotatable bonds is 1. The first-order chi connectivity index (χ1) is 5.31. The maximum Gasteiger partial charge on any atom is 0.0936 e. The number of methoxy groups -OCH3 is 1. The largest absolute Gasteiger partial charge is 0.370 e. The van der Waals surface area contributed by atoms with Gasteiger partial charge in [0.15, 0.2) is 0 Å². The van der Waals surface area contributed by atoms with Crippen LogP contribution in [0, 0.1) is 0 Å². The summed E-state index contributed by atoms with van der Waals surface area (Å²) < 4.78 is 4.32. The second-order valence-electron chi connectivity index (χ2n) is 2.48. The molecule has 3 nitrogen and oxygen atoms in total. The Kier molecular flexibility index (Phi) is 7.46.